The topological polar surface area (TPSA) is 49.8 Å². The molecule has 0 bridgehead atoms. The van der Waals surface area contributed by atoms with E-state index in [-0.39, 0.29) is 18.6 Å². The highest BCUT2D eigenvalue weighted by molar-refractivity contribution is 5.71. The molecule has 0 aromatic rings. The Labute approximate surface area is 97.6 Å². The van der Waals surface area contributed by atoms with E-state index in [1.807, 2.05) is 6.92 Å². The predicted octanol–water partition coefficient (Wildman–Crippen LogP) is 1.17. The summed E-state index contributed by atoms with van der Waals surface area (Å²) in [5.41, 5.74) is 0. The fourth-order valence-electron chi connectivity index (χ4n) is 2.33. The number of hydrogen-bond donors (Lipinski definition) is 1. The van der Waals surface area contributed by atoms with Gasteiger partial charge in [-0.2, -0.15) is 0 Å². The number of nitrogens with zero attached hydrogens (tertiary/aromatic N) is 1. The van der Waals surface area contributed by atoms with Crippen LogP contribution in [0.5, 0.6) is 0 Å². The maximum Gasteiger partial charge on any atom is 0.319 e. The van der Waals surface area contributed by atoms with Gasteiger partial charge in [-0.3, -0.25) is 9.69 Å². The molecule has 0 heterocycles. The summed E-state index contributed by atoms with van der Waals surface area (Å²) in [4.78, 5) is 13.4. The third-order valence-corrected chi connectivity index (χ3v) is 3.55. The van der Waals surface area contributed by atoms with Crippen molar-refractivity contribution in [3.8, 4) is 0 Å². The highest BCUT2D eigenvalue weighted by Crippen LogP contribution is 2.25. The molecule has 0 saturated heterocycles. The quantitative estimate of drug-likeness (QED) is 0.719. The van der Waals surface area contributed by atoms with Crippen molar-refractivity contribution in [2.75, 3.05) is 13.7 Å². The molecule has 94 valence electrons. The number of carbonyl (C=O) groups excluding carboxylic acids is 1. The number of ether oxygens (including phenoxy) is 1. The largest absolute Gasteiger partial charge is 0.468 e. The van der Waals surface area contributed by atoms with Crippen LogP contribution in [0, 0.1) is 0 Å². The monoisotopic (exact) mass is 229 g/mol. The Morgan fingerprint density at radius 1 is 1.44 bits per heavy atom. The van der Waals surface area contributed by atoms with E-state index in [1.54, 1.807) is 6.92 Å². The summed E-state index contributed by atoms with van der Waals surface area (Å²) in [7, 11) is 1.40. The minimum absolute atomic E-state index is 0.00204. The van der Waals surface area contributed by atoms with Crippen LogP contribution in [-0.4, -0.2) is 47.8 Å². The second kappa shape index (κ2) is 6.21. The smallest absolute Gasteiger partial charge is 0.319 e. The molecular formula is C12H23NO3. The van der Waals surface area contributed by atoms with E-state index in [2.05, 4.69) is 4.90 Å². The van der Waals surface area contributed by atoms with Gasteiger partial charge < -0.3 is 9.84 Å². The van der Waals surface area contributed by atoms with E-state index in [0.717, 1.165) is 12.8 Å². The number of carbonyl (C=O) groups is 1. The van der Waals surface area contributed by atoms with Crippen molar-refractivity contribution >= 4 is 5.97 Å². The van der Waals surface area contributed by atoms with Crippen LogP contribution < -0.4 is 0 Å². The van der Waals surface area contributed by atoms with Gasteiger partial charge in [-0.05, 0) is 26.7 Å². The van der Waals surface area contributed by atoms with Crippen molar-refractivity contribution in [3.63, 3.8) is 0 Å². The SMILES string of the molecule is COC(=O)CN(C1CCCC1)C(C)C(C)O. The van der Waals surface area contributed by atoms with Gasteiger partial charge in [0.25, 0.3) is 0 Å². The number of methoxy groups -OCH3 is 1. The number of rotatable bonds is 5. The number of aliphatic hydroxyl groups is 1. The molecule has 0 spiro atoms. The van der Waals surface area contributed by atoms with Crippen LogP contribution in [0.1, 0.15) is 39.5 Å². The lowest BCUT2D eigenvalue weighted by atomic mass is 10.1. The van der Waals surface area contributed by atoms with Crippen LogP contribution >= 0.6 is 0 Å². The summed E-state index contributed by atoms with van der Waals surface area (Å²) in [6.45, 7) is 4.02. The van der Waals surface area contributed by atoms with E-state index in [1.165, 1.54) is 20.0 Å². The molecule has 2 atom stereocenters. The molecule has 0 radical (unpaired) electrons. The van der Waals surface area contributed by atoms with Gasteiger partial charge in [0.05, 0.1) is 19.8 Å². The predicted molar refractivity (Wildman–Crippen MR) is 62.1 cm³/mol. The Morgan fingerprint density at radius 3 is 2.44 bits per heavy atom. The second-order valence-electron chi connectivity index (χ2n) is 4.67. The molecule has 1 aliphatic rings. The average molecular weight is 229 g/mol. The normalized spacial score (nSPS) is 21.1. The zero-order valence-electron chi connectivity index (χ0n) is 10.5. The van der Waals surface area contributed by atoms with E-state index >= 15 is 0 Å². The molecule has 1 N–H and O–H groups in total. The first-order valence-electron chi connectivity index (χ1n) is 6.07. The van der Waals surface area contributed by atoms with Crippen LogP contribution in [0.3, 0.4) is 0 Å². The molecule has 2 unspecified atom stereocenters. The fraction of sp³-hybridized carbons (Fsp3) is 0.917. The van der Waals surface area contributed by atoms with Gasteiger partial charge in [-0.25, -0.2) is 0 Å². The average Bonchev–Trinajstić information content (AvgIpc) is 2.77. The Morgan fingerprint density at radius 2 is 2.00 bits per heavy atom. The molecule has 0 aliphatic heterocycles. The van der Waals surface area contributed by atoms with Crippen molar-refractivity contribution in [2.24, 2.45) is 0 Å². The van der Waals surface area contributed by atoms with Gasteiger partial charge in [-0.1, -0.05) is 12.8 Å². The maximum absolute atomic E-state index is 11.4. The van der Waals surface area contributed by atoms with Gasteiger partial charge >= 0.3 is 5.97 Å². The number of hydrogen-bond acceptors (Lipinski definition) is 4. The molecule has 16 heavy (non-hydrogen) atoms. The molecule has 4 heteroatoms. The minimum Gasteiger partial charge on any atom is -0.468 e. The first kappa shape index (κ1) is 13.5. The van der Waals surface area contributed by atoms with Crippen LogP contribution in [-0.2, 0) is 9.53 Å². The lowest BCUT2D eigenvalue weighted by Gasteiger charge is -2.35. The third-order valence-electron chi connectivity index (χ3n) is 3.55. The lowest BCUT2D eigenvalue weighted by Crippen LogP contribution is -2.48. The molecule has 1 aliphatic carbocycles. The van der Waals surface area contributed by atoms with Gasteiger partial charge in [0, 0.05) is 12.1 Å². The van der Waals surface area contributed by atoms with Gasteiger partial charge in [0.2, 0.25) is 0 Å². The highest BCUT2D eigenvalue weighted by atomic mass is 16.5. The van der Waals surface area contributed by atoms with Gasteiger partial charge in [0.15, 0.2) is 0 Å². The molecule has 0 amide bonds. The zero-order chi connectivity index (χ0) is 12.1. The standard InChI is InChI=1S/C12H23NO3/c1-9(10(2)14)13(8-12(15)16-3)11-6-4-5-7-11/h9-11,14H,4-8H2,1-3H3. The van der Waals surface area contributed by atoms with Gasteiger partial charge in [0.1, 0.15) is 0 Å². The van der Waals surface area contributed by atoms with E-state index in [4.69, 9.17) is 4.74 Å². The maximum atomic E-state index is 11.4. The summed E-state index contributed by atoms with van der Waals surface area (Å²) in [6.07, 6.45) is 4.25. The first-order chi connectivity index (χ1) is 7.56. The van der Waals surface area contributed by atoms with Crippen LogP contribution in [0.2, 0.25) is 0 Å². The molecule has 1 rings (SSSR count). The molecule has 1 saturated carbocycles. The number of aliphatic hydroxyl groups excluding tert-OH is 1. The first-order valence-corrected chi connectivity index (χ1v) is 6.07. The van der Waals surface area contributed by atoms with E-state index in [9.17, 15) is 9.90 Å². The summed E-state index contributed by atoms with van der Waals surface area (Å²) in [5.74, 6) is -0.223. The summed E-state index contributed by atoms with van der Waals surface area (Å²) >= 11 is 0. The third kappa shape index (κ3) is 3.46. The van der Waals surface area contributed by atoms with E-state index < -0.39 is 6.10 Å². The molecular weight excluding hydrogens is 206 g/mol. The summed E-state index contributed by atoms with van der Waals surface area (Å²) < 4.78 is 4.71. The van der Waals surface area contributed by atoms with Crippen molar-refractivity contribution < 1.29 is 14.6 Å². The lowest BCUT2D eigenvalue weighted by molar-refractivity contribution is -0.143. The molecule has 4 nitrogen and oxygen atoms in total. The summed E-state index contributed by atoms with van der Waals surface area (Å²) in [5, 5.41) is 9.64. The van der Waals surface area contributed by atoms with Crippen molar-refractivity contribution in [2.45, 2.75) is 57.7 Å². The minimum atomic E-state index is -0.426. The zero-order valence-corrected chi connectivity index (χ0v) is 10.5. The van der Waals surface area contributed by atoms with Crippen LogP contribution in [0.15, 0.2) is 0 Å². The molecule has 0 aromatic heterocycles. The van der Waals surface area contributed by atoms with E-state index in [0.29, 0.717) is 6.04 Å². The highest BCUT2D eigenvalue weighted by Gasteiger charge is 2.30. The Hall–Kier alpha value is -0.610. The Kier molecular flexibility index (Phi) is 5.22. The summed E-state index contributed by atoms with van der Waals surface area (Å²) in [6, 6.07) is 0.422. The van der Waals surface area contributed by atoms with Crippen molar-refractivity contribution in [3.05, 3.63) is 0 Å². The number of esters is 1. The second-order valence-corrected chi connectivity index (χ2v) is 4.67. The van der Waals surface area contributed by atoms with Crippen LogP contribution in [0.4, 0.5) is 0 Å². The fourth-order valence-corrected chi connectivity index (χ4v) is 2.33. The van der Waals surface area contributed by atoms with Crippen LogP contribution in [0.25, 0.3) is 0 Å². The van der Waals surface area contributed by atoms with Gasteiger partial charge in [-0.15, -0.1) is 0 Å². The Bertz CT molecular complexity index is 222. The van der Waals surface area contributed by atoms with Crippen molar-refractivity contribution in [1.82, 2.24) is 4.90 Å². The Balaban J connectivity index is 2.63. The van der Waals surface area contributed by atoms with Crippen molar-refractivity contribution in [1.29, 1.82) is 0 Å². The molecule has 1 fully saturated rings. The molecule has 0 aromatic carbocycles.